The van der Waals surface area contributed by atoms with Crippen LogP contribution in [-0.4, -0.2) is 39.3 Å². The zero-order valence-electron chi connectivity index (χ0n) is 23.2. The molecule has 9 nitrogen and oxygen atoms in total. The molecular weight excluding hydrogens is 502 g/mol. The first-order valence-electron chi connectivity index (χ1n) is 14.3. The standard InChI is InChI=1S/C30H45NO8/c1-2-3-4-5-8-15-25(32)18-19-27-26(28(33)20-29(27)34)16-9-6-7-10-17-30(35)38-21-23-13-11-12-14-24(23)22-39-31(36)37/h6,9,11-14,26-29,33-34H,2-5,7-8,10,15-22H2,1H3/b9-6-/t26-,27-,28+,29-/m1/s1. The van der Waals surface area contributed by atoms with Gasteiger partial charge in [-0.15, -0.1) is 10.1 Å². The smallest absolute Gasteiger partial charge is 0.306 e. The summed E-state index contributed by atoms with van der Waals surface area (Å²) in [5.74, 6) is -0.257. The van der Waals surface area contributed by atoms with Crippen LogP contribution in [0.5, 0.6) is 0 Å². The molecule has 1 aromatic rings. The number of unbranched alkanes of at least 4 members (excludes halogenated alkanes) is 5. The fraction of sp³-hybridized carbons (Fsp3) is 0.667. The summed E-state index contributed by atoms with van der Waals surface area (Å²) in [5.41, 5.74) is 1.25. The number of allylic oxidation sites excluding steroid dienone is 2. The SMILES string of the molecule is CCCCCCCC(=O)CC[C@@H]1[C@@H](C/C=C\CCCC(=O)OCc2ccccc2CO[N+](=O)[O-])[C@@H](O)C[C@H]1O. The van der Waals surface area contributed by atoms with E-state index in [0.717, 1.165) is 12.8 Å². The van der Waals surface area contributed by atoms with Crippen molar-refractivity contribution in [3.8, 4) is 0 Å². The second-order valence-corrected chi connectivity index (χ2v) is 10.5. The zero-order chi connectivity index (χ0) is 28.5. The normalized spacial score (nSPS) is 20.8. The number of rotatable bonds is 20. The minimum atomic E-state index is -0.857. The number of ether oxygens (including phenoxy) is 1. The van der Waals surface area contributed by atoms with Crippen molar-refractivity contribution in [3.05, 3.63) is 57.7 Å². The minimum Gasteiger partial charge on any atom is -0.461 e. The van der Waals surface area contributed by atoms with Crippen molar-refractivity contribution in [1.29, 1.82) is 0 Å². The maximum atomic E-state index is 12.3. The first kappa shape index (κ1) is 32.4. The second-order valence-electron chi connectivity index (χ2n) is 10.5. The molecule has 0 bridgehead atoms. The van der Waals surface area contributed by atoms with Crippen molar-refractivity contribution in [1.82, 2.24) is 0 Å². The van der Waals surface area contributed by atoms with Crippen molar-refractivity contribution >= 4 is 11.8 Å². The Hall–Kier alpha value is -2.78. The van der Waals surface area contributed by atoms with Crippen molar-refractivity contribution < 1.29 is 34.5 Å². The number of aliphatic hydroxyl groups is 2. The van der Waals surface area contributed by atoms with E-state index in [0.29, 0.717) is 56.1 Å². The van der Waals surface area contributed by atoms with Crippen LogP contribution in [0.3, 0.4) is 0 Å². The molecule has 2 N–H and O–H groups in total. The highest BCUT2D eigenvalue weighted by atomic mass is 16.9. The van der Waals surface area contributed by atoms with Gasteiger partial charge in [0.05, 0.1) is 12.2 Å². The van der Waals surface area contributed by atoms with E-state index in [9.17, 15) is 29.9 Å². The summed E-state index contributed by atoms with van der Waals surface area (Å²) in [4.78, 5) is 39.3. The van der Waals surface area contributed by atoms with Crippen LogP contribution >= 0.6 is 0 Å². The number of carbonyl (C=O) groups is 2. The molecule has 39 heavy (non-hydrogen) atoms. The highest BCUT2D eigenvalue weighted by Crippen LogP contribution is 2.38. The van der Waals surface area contributed by atoms with Crippen molar-refractivity contribution in [2.45, 2.75) is 116 Å². The fourth-order valence-electron chi connectivity index (χ4n) is 5.21. The van der Waals surface area contributed by atoms with E-state index in [-0.39, 0.29) is 43.2 Å². The van der Waals surface area contributed by atoms with Gasteiger partial charge in [-0.25, -0.2) is 0 Å². The highest BCUT2D eigenvalue weighted by molar-refractivity contribution is 5.78. The molecule has 1 aliphatic rings. The minimum absolute atomic E-state index is 0.0244. The Morgan fingerprint density at radius 3 is 2.36 bits per heavy atom. The Balaban J connectivity index is 1.66. The van der Waals surface area contributed by atoms with E-state index in [1.165, 1.54) is 19.3 Å². The Bertz CT molecular complexity index is 918. The highest BCUT2D eigenvalue weighted by Gasteiger charge is 2.40. The Morgan fingerprint density at radius 2 is 1.64 bits per heavy atom. The van der Waals surface area contributed by atoms with Crippen LogP contribution in [0.25, 0.3) is 0 Å². The van der Waals surface area contributed by atoms with Gasteiger partial charge in [0.1, 0.15) is 19.0 Å². The third kappa shape index (κ3) is 12.7. The molecule has 1 aromatic carbocycles. The predicted molar refractivity (Wildman–Crippen MR) is 147 cm³/mol. The molecule has 0 spiro atoms. The van der Waals surface area contributed by atoms with Crippen LogP contribution in [0.1, 0.15) is 102 Å². The number of hydrogen-bond donors (Lipinski definition) is 2. The topological polar surface area (TPSA) is 136 Å². The number of benzene rings is 1. The molecule has 4 atom stereocenters. The van der Waals surface area contributed by atoms with Crippen molar-refractivity contribution in [2.24, 2.45) is 11.8 Å². The molecule has 1 aliphatic carbocycles. The lowest BCUT2D eigenvalue weighted by Gasteiger charge is -2.22. The van der Waals surface area contributed by atoms with E-state index >= 15 is 0 Å². The summed E-state index contributed by atoms with van der Waals surface area (Å²) in [6.07, 6.45) is 12.6. The van der Waals surface area contributed by atoms with Crippen LogP contribution < -0.4 is 0 Å². The molecule has 0 heterocycles. The van der Waals surface area contributed by atoms with Crippen molar-refractivity contribution in [2.75, 3.05) is 0 Å². The monoisotopic (exact) mass is 547 g/mol. The molecule has 1 saturated carbocycles. The van der Waals surface area contributed by atoms with Crippen LogP contribution in [0.2, 0.25) is 0 Å². The molecule has 0 saturated heterocycles. The average molecular weight is 548 g/mol. The Kier molecular flexibility index (Phi) is 15.4. The summed E-state index contributed by atoms with van der Waals surface area (Å²) < 4.78 is 5.31. The fourth-order valence-corrected chi connectivity index (χ4v) is 5.21. The van der Waals surface area contributed by atoms with Gasteiger partial charge in [0.25, 0.3) is 5.09 Å². The van der Waals surface area contributed by atoms with Gasteiger partial charge in [-0.3, -0.25) is 9.59 Å². The lowest BCUT2D eigenvalue weighted by molar-refractivity contribution is -0.763. The number of esters is 1. The maximum absolute atomic E-state index is 12.3. The number of carbonyl (C=O) groups excluding carboxylic acids is 2. The largest absolute Gasteiger partial charge is 0.461 e. The van der Waals surface area contributed by atoms with E-state index in [2.05, 4.69) is 11.8 Å². The lowest BCUT2D eigenvalue weighted by atomic mass is 9.86. The molecule has 0 aliphatic heterocycles. The molecular formula is C30H45NO8. The number of Topliss-reactive ketones (excluding diaryl/α,β-unsaturated/α-hetero) is 1. The molecule has 0 aromatic heterocycles. The summed E-state index contributed by atoms with van der Waals surface area (Å²) in [7, 11) is 0. The van der Waals surface area contributed by atoms with E-state index in [1.807, 2.05) is 12.2 Å². The molecule has 218 valence electrons. The second kappa shape index (κ2) is 18.5. The Labute approximate surface area is 231 Å². The molecule has 0 radical (unpaired) electrons. The van der Waals surface area contributed by atoms with Crippen molar-refractivity contribution in [3.63, 3.8) is 0 Å². The number of ketones is 1. The summed E-state index contributed by atoms with van der Waals surface area (Å²) in [6.45, 7) is 1.99. The van der Waals surface area contributed by atoms with Gasteiger partial charge in [0.2, 0.25) is 0 Å². The number of hydrogen-bond acceptors (Lipinski definition) is 8. The molecule has 9 heteroatoms. The first-order valence-corrected chi connectivity index (χ1v) is 14.3. The summed E-state index contributed by atoms with van der Waals surface area (Å²) in [6, 6.07) is 6.93. The lowest BCUT2D eigenvalue weighted by Crippen LogP contribution is -2.22. The van der Waals surface area contributed by atoms with Gasteiger partial charge in [-0.2, -0.15) is 0 Å². The first-order chi connectivity index (χ1) is 18.8. The molecule has 2 rings (SSSR count). The molecule has 0 amide bonds. The third-order valence-corrected chi connectivity index (χ3v) is 7.50. The van der Waals surface area contributed by atoms with E-state index < -0.39 is 17.3 Å². The number of aliphatic hydroxyl groups excluding tert-OH is 2. The van der Waals surface area contributed by atoms with Gasteiger partial charge < -0.3 is 19.8 Å². The predicted octanol–water partition coefficient (Wildman–Crippen LogP) is 5.62. The van der Waals surface area contributed by atoms with Crippen LogP contribution in [0.15, 0.2) is 36.4 Å². The zero-order valence-corrected chi connectivity index (χ0v) is 23.2. The number of nitrogens with zero attached hydrogens (tertiary/aromatic N) is 1. The summed E-state index contributed by atoms with van der Waals surface area (Å²) in [5, 5.41) is 30.5. The van der Waals surface area contributed by atoms with Crippen LogP contribution in [-0.2, 0) is 32.4 Å². The van der Waals surface area contributed by atoms with Gasteiger partial charge in [-0.05, 0) is 61.5 Å². The van der Waals surface area contributed by atoms with E-state index in [1.54, 1.807) is 24.3 Å². The van der Waals surface area contributed by atoms with Crippen LogP contribution in [0.4, 0.5) is 0 Å². The Morgan fingerprint density at radius 1 is 0.949 bits per heavy atom. The molecule has 0 unspecified atom stereocenters. The molecule has 1 fully saturated rings. The van der Waals surface area contributed by atoms with Gasteiger partial charge in [-0.1, -0.05) is 69.0 Å². The average Bonchev–Trinajstić information content (AvgIpc) is 3.18. The quantitative estimate of drug-likeness (QED) is 0.0705. The third-order valence-electron chi connectivity index (χ3n) is 7.50. The maximum Gasteiger partial charge on any atom is 0.306 e. The van der Waals surface area contributed by atoms with Gasteiger partial charge >= 0.3 is 5.97 Å². The van der Waals surface area contributed by atoms with Crippen LogP contribution in [0, 0.1) is 22.0 Å². The van der Waals surface area contributed by atoms with E-state index in [4.69, 9.17) is 4.74 Å². The van der Waals surface area contributed by atoms with Gasteiger partial charge in [0, 0.05) is 19.3 Å². The summed E-state index contributed by atoms with van der Waals surface area (Å²) >= 11 is 0. The van der Waals surface area contributed by atoms with Gasteiger partial charge in [0.15, 0.2) is 0 Å².